The van der Waals surface area contributed by atoms with E-state index < -0.39 is 5.97 Å². The van der Waals surface area contributed by atoms with Crippen LogP contribution >= 0.6 is 35.0 Å². The number of methoxy groups -OCH3 is 2. The van der Waals surface area contributed by atoms with Crippen molar-refractivity contribution < 1.29 is 19.0 Å². The average Bonchev–Trinajstić information content (AvgIpc) is 2.80. The minimum Gasteiger partial charge on any atom is -0.495 e. The van der Waals surface area contributed by atoms with Gasteiger partial charge in [-0.15, -0.1) is 11.8 Å². The third kappa shape index (κ3) is 6.35. The topological polar surface area (TPSA) is 44.8 Å². The summed E-state index contributed by atoms with van der Waals surface area (Å²) in [6.45, 7) is 1.81. The number of rotatable bonds is 9. The average molecular weight is 491 g/mol. The molecule has 3 rings (SSSR count). The number of hydrogen-bond donors (Lipinski definition) is 0. The van der Waals surface area contributed by atoms with Crippen LogP contribution in [0.25, 0.3) is 11.1 Å². The van der Waals surface area contributed by atoms with E-state index in [0.717, 1.165) is 39.5 Å². The Hall–Kier alpha value is -2.34. The zero-order valence-corrected chi connectivity index (χ0v) is 20.4. The van der Waals surface area contributed by atoms with E-state index in [2.05, 4.69) is 29.0 Å². The number of thioether (sulfide) groups is 1. The zero-order valence-electron chi connectivity index (χ0n) is 18.1. The van der Waals surface area contributed by atoms with Gasteiger partial charge in [-0.3, -0.25) is 0 Å². The second-order valence-electron chi connectivity index (χ2n) is 7.06. The van der Waals surface area contributed by atoms with Crippen LogP contribution in [0.5, 0.6) is 11.5 Å². The number of ether oxygens (including phenoxy) is 3. The van der Waals surface area contributed by atoms with Crippen molar-refractivity contribution in [3.05, 3.63) is 75.8 Å². The highest BCUT2D eigenvalue weighted by molar-refractivity contribution is 7.99. The van der Waals surface area contributed by atoms with Crippen molar-refractivity contribution in [1.29, 1.82) is 0 Å². The second kappa shape index (κ2) is 11.5. The predicted molar refractivity (Wildman–Crippen MR) is 132 cm³/mol. The Morgan fingerprint density at radius 3 is 2.28 bits per heavy atom. The summed E-state index contributed by atoms with van der Waals surface area (Å²) < 4.78 is 15.7. The Morgan fingerprint density at radius 2 is 1.62 bits per heavy atom. The summed E-state index contributed by atoms with van der Waals surface area (Å²) in [5.74, 6) is 1.79. The van der Waals surface area contributed by atoms with Gasteiger partial charge in [0.15, 0.2) is 6.61 Å². The fourth-order valence-electron chi connectivity index (χ4n) is 3.08. The molecule has 3 aromatic rings. The normalized spacial score (nSPS) is 10.7. The van der Waals surface area contributed by atoms with Crippen LogP contribution in [0.1, 0.15) is 11.1 Å². The van der Waals surface area contributed by atoms with Crippen LogP contribution in [0.2, 0.25) is 10.0 Å². The summed E-state index contributed by atoms with van der Waals surface area (Å²) in [5, 5.41) is 1.10. The first-order valence-corrected chi connectivity index (χ1v) is 11.7. The van der Waals surface area contributed by atoms with Gasteiger partial charge in [0, 0.05) is 16.7 Å². The zero-order chi connectivity index (χ0) is 23.1. The standard InChI is InChI=1S/C25H24Cl2O4S/c1-16-12-24(23(29-2)14-22(16)31-15-25(28)30-3)32-11-10-17-4-6-18(7-5-17)19-8-9-20(26)21(27)13-19/h4-9,12-14H,10-11,15H2,1-3H3. The lowest BCUT2D eigenvalue weighted by Gasteiger charge is -2.14. The van der Waals surface area contributed by atoms with Gasteiger partial charge in [-0.1, -0.05) is 53.5 Å². The van der Waals surface area contributed by atoms with Crippen LogP contribution in [0, 0.1) is 6.92 Å². The van der Waals surface area contributed by atoms with Gasteiger partial charge >= 0.3 is 5.97 Å². The third-order valence-corrected chi connectivity index (χ3v) is 6.67. The van der Waals surface area contributed by atoms with E-state index >= 15 is 0 Å². The summed E-state index contributed by atoms with van der Waals surface area (Å²) in [6.07, 6.45) is 0.912. The van der Waals surface area contributed by atoms with Gasteiger partial charge in [-0.25, -0.2) is 4.79 Å². The Balaban J connectivity index is 1.61. The molecule has 0 heterocycles. The lowest BCUT2D eigenvalue weighted by Crippen LogP contribution is -2.13. The van der Waals surface area contributed by atoms with Crippen molar-refractivity contribution in [3.63, 3.8) is 0 Å². The summed E-state index contributed by atoms with van der Waals surface area (Å²) >= 11 is 13.9. The SMILES string of the molecule is COC(=O)COc1cc(OC)c(SCCc2ccc(-c3ccc(Cl)c(Cl)c3)cc2)cc1C. The number of aryl methyl sites for hydroxylation is 2. The van der Waals surface area contributed by atoms with E-state index in [1.165, 1.54) is 12.7 Å². The number of esters is 1. The maximum atomic E-state index is 11.3. The molecule has 0 spiro atoms. The molecule has 168 valence electrons. The molecule has 0 unspecified atom stereocenters. The second-order valence-corrected chi connectivity index (χ2v) is 9.01. The number of hydrogen-bond acceptors (Lipinski definition) is 5. The van der Waals surface area contributed by atoms with E-state index in [4.69, 9.17) is 32.7 Å². The minimum atomic E-state index is -0.424. The quantitative estimate of drug-likeness (QED) is 0.242. The molecule has 4 nitrogen and oxygen atoms in total. The van der Waals surface area contributed by atoms with Crippen LogP contribution in [-0.4, -0.2) is 32.5 Å². The Morgan fingerprint density at radius 1 is 0.906 bits per heavy atom. The van der Waals surface area contributed by atoms with Crippen LogP contribution in [0.4, 0.5) is 0 Å². The van der Waals surface area contributed by atoms with Crippen molar-refractivity contribution in [3.8, 4) is 22.6 Å². The molecule has 0 aliphatic carbocycles. The summed E-state index contributed by atoms with van der Waals surface area (Å²) in [6, 6.07) is 17.9. The lowest BCUT2D eigenvalue weighted by atomic mass is 10.0. The molecule has 0 bridgehead atoms. The third-order valence-electron chi connectivity index (χ3n) is 4.89. The molecule has 32 heavy (non-hydrogen) atoms. The Labute approximate surface area is 202 Å². The van der Waals surface area contributed by atoms with Crippen LogP contribution < -0.4 is 9.47 Å². The predicted octanol–water partition coefficient (Wildman–Crippen LogP) is 6.86. The molecule has 0 N–H and O–H groups in total. The number of carbonyl (C=O) groups is 1. The Kier molecular flexibility index (Phi) is 8.74. The fourth-order valence-corrected chi connectivity index (χ4v) is 4.49. The van der Waals surface area contributed by atoms with Gasteiger partial charge in [-0.2, -0.15) is 0 Å². The van der Waals surface area contributed by atoms with Gasteiger partial charge in [0.1, 0.15) is 11.5 Å². The molecule has 0 aliphatic heterocycles. The maximum absolute atomic E-state index is 11.3. The van der Waals surface area contributed by atoms with Crippen molar-refractivity contribution in [2.45, 2.75) is 18.2 Å². The summed E-state index contributed by atoms with van der Waals surface area (Å²) in [4.78, 5) is 12.4. The van der Waals surface area contributed by atoms with Gasteiger partial charge in [0.05, 0.1) is 24.3 Å². The van der Waals surface area contributed by atoms with Crippen LogP contribution in [-0.2, 0) is 16.0 Å². The van der Waals surface area contributed by atoms with Crippen LogP contribution in [0.15, 0.2) is 59.5 Å². The first-order valence-electron chi connectivity index (χ1n) is 9.96. The van der Waals surface area contributed by atoms with E-state index in [1.54, 1.807) is 18.9 Å². The van der Waals surface area contributed by atoms with E-state index in [1.807, 2.05) is 37.3 Å². The molecule has 0 aromatic heterocycles. The molecule has 0 fully saturated rings. The minimum absolute atomic E-state index is 0.134. The molecular weight excluding hydrogens is 467 g/mol. The largest absolute Gasteiger partial charge is 0.495 e. The van der Waals surface area contributed by atoms with Gasteiger partial charge in [0.25, 0.3) is 0 Å². The molecule has 0 radical (unpaired) electrons. The monoisotopic (exact) mass is 490 g/mol. The Bertz CT molecular complexity index is 1080. The number of benzene rings is 3. The maximum Gasteiger partial charge on any atom is 0.343 e. The van der Waals surface area contributed by atoms with Gasteiger partial charge in [-0.05, 0) is 53.8 Å². The molecule has 0 saturated heterocycles. The highest BCUT2D eigenvalue weighted by Gasteiger charge is 2.12. The van der Waals surface area contributed by atoms with Gasteiger partial charge in [0.2, 0.25) is 0 Å². The van der Waals surface area contributed by atoms with Crippen molar-refractivity contribution in [2.24, 2.45) is 0 Å². The fraction of sp³-hybridized carbons (Fsp3) is 0.240. The first-order chi connectivity index (χ1) is 15.4. The van der Waals surface area contributed by atoms with Crippen molar-refractivity contribution in [2.75, 3.05) is 26.6 Å². The molecule has 3 aromatic carbocycles. The smallest absolute Gasteiger partial charge is 0.343 e. The van der Waals surface area contributed by atoms with E-state index in [0.29, 0.717) is 15.8 Å². The molecule has 0 atom stereocenters. The van der Waals surface area contributed by atoms with Gasteiger partial charge < -0.3 is 14.2 Å². The van der Waals surface area contributed by atoms with E-state index in [9.17, 15) is 4.79 Å². The van der Waals surface area contributed by atoms with E-state index in [-0.39, 0.29) is 6.61 Å². The number of carbonyl (C=O) groups excluding carboxylic acids is 1. The summed E-state index contributed by atoms with van der Waals surface area (Å²) in [5.41, 5.74) is 4.31. The summed E-state index contributed by atoms with van der Waals surface area (Å²) in [7, 11) is 2.96. The molecule has 0 aliphatic rings. The van der Waals surface area contributed by atoms with Crippen LogP contribution in [0.3, 0.4) is 0 Å². The highest BCUT2D eigenvalue weighted by Crippen LogP contribution is 2.36. The van der Waals surface area contributed by atoms with Crippen molar-refractivity contribution in [1.82, 2.24) is 0 Å². The molecule has 7 heteroatoms. The lowest BCUT2D eigenvalue weighted by molar-refractivity contribution is -0.142. The highest BCUT2D eigenvalue weighted by atomic mass is 35.5. The number of halogens is 2. The molecule has 0 saturated carbocycles. The molecular formula is C25H24Cl2O4S. The molecule has 0 amide bonds. The first kappa shape index (κ1) is 24.3. The van der Waals surface area contributed by atoms with Crippen molar-refractivity contribution >= 4 is 40.9 Å².